The third kappa shape index (κ3) is 4.76. The van der Waals surface area contributed by atoms with Crippen LogP contribution in [0.3, 0.4) is 0 Å². The van der Waals surface area contributed by atoms with E-state index in [0.717, 1.165) is 35.5 Å². The molecule has 0 fully saturated rings. The molecule has 3 aromatic rings. The first-order valence-electron chi connectivity index (χ1n) is 8.17. The zero-order valence-corrected chi connectivity index (χ0v) is 14.7. The molecule has 4 nitrogen and oxygen atoms in total. The van der Waals surface area contributed by atoms with Crippen molar-refractivity contribution in [2.45, 2.75) is 26.2 Å². The van der Waals surface area contributed by atoms with E-state index in [1.54, 1.807) is 35.6 Å². The summed E-state index contributed by atoms with van der Waals surface area (Å²) in [5.41, 5.74) is 1.79. The topological polar surface area (TPSA) is 55.1 Å². The molecule has 0 radical (unpaired) electrons. The van der Waals surface area contributed by atoms with Crippen LogP contribution in [0.1, 0.15) is 34.1 Å². The van der Waals surface area contributed by atoms with Crippen molar-refractivity contribution in [1.82, 2.24) is 10.3 Å². The maximum atomic E-state index is 12.9. The van der Waals surface area contributed by atoms with Crippen LogP contribution in [0.2, 0.25) is 0 Å². The zero-order valence-electron chi connectivity index (χ0n) is 13.9. The van der Waals surface area contributed by atoms with Crippen LogP contribution in [-0.4, -0.2) is 17.4 Å². The van der Waals surface area contributed by atoms with Crippen molar-refractivity contribution in [3.05, 3.63) is 64.1 Å². The number of carbonyl (C=O) groups is 1. The van der Waals surface area contributed by atoms with Crippen molar-refractivity contribution >= 4 is 17.2 Å². The molecule has 6 heteroatoms. The lowest BCUT2D eigenvalue weighted by Gasteiger charge is -2.03. The quantitative estimate of drug-likeness (QED) is 0.628. The molecule has 1 N–H and O–H groups in total. The maximum Gasteiger partial charge on any atom is 0.287 e. The van der Waals surface area contributed by atoms with Crippen LogP contribution in [0.25, 0.3) is 11.3 Å². The molecule has 0 atom stereocenters. The number of aryl methyl sites for hydroxylation is 2. The predicted octanol–water partition coefficient (Wildman–Crippen LogP) is 4.60. The first-order chi connectivity index (χ1) is 12.1. The highest BCUT2D eigenvalue weighted by Crippen LogP contribution is 2.22. The van der Waals surface area contributed by atoms with Gasteiger partial charge in [0.1, 0.15) is 11.6 Å². The Balaban J connectivity index is 1.44. The van der Waals surface area contributed by atoms with Gasteiger partial charge in [0.2, 0.25) is 0 Å². The molecule has 25 heavy (non-hydrogen) atoms. The number of rotatable bonds is 7. The van der Waals surface area contributed by atoms with Crippen molar-refractivity contribution < 1.29 is 13.6 Å². The highest BCUT2D eigenvalue weighted by atomic mass is 32.1. The molecule has 0 unspecified atom stereocenters. The number of hydrogen-bond acceptors (Lipinski definition) is 4. The Labute approximate surface area is 149 Å². The highest BCUT2D eigenvalue weighted by Gasteiger charge is 2.11. The van der Waals surface area contributed by atoms with Gasteiger partial charge in [0, 0.05) is 23.2 Å². The Morgan fingerprint density at radius 3 is 2.72 bits per heavy atom. The van der Waals surface area contributed by atoms with Gasteiger partial charge in [0.25, 0.3) is 5.91 Å². The van der Waals surface area contributed by atoms with Crippen molar-refractivity contribution in [3.63, 3.8) is 0 Å². The summed E-state index contributed by atoms with van der Waals surface area (Å²) in [7, 11) is 0. The molecule has 2 aromatic heterocycles. The molecule has 0 saturated heterocycles. The number of nitrogens with one attached hydrogen (secondary N) is 1. The lowest BCUT2D eigenvalue weighted by Crippen LogP contribution is -2.23. The number of amides is 1. The summed E-state index contributed by atoms with van der Waals surface area (Å²) in [6, 6.07) is 9.31. The average molecular weight is 358 g/mol. The van der Waals surface area contributed by atoms with Crippen molar-refractivity contribution in [2.75, 3.05) is 6.54 Å². The van der Waals surface area contributed by atoms with Gasteiger partial charge >= 0.3 is 0 Å². The molecule has 3 rings (SSSR count). The van der Waals surface area contributed by atoms with Crippen LogP contribution in [0.5, 0.6) is 0 Å². The lowest BCUT2D eigenvalue weighted by molar-refractivity contribution is 0.0926. The van der Waals surface area contributed by atoms with Gasteiger partial charge in [-0.05, 0) is 62.6 Å². The summed E-state index contributed by atoms with van der Waals surface area (Å²) in [5.74, 6) is 0.263. The third-order valence-electron chi connectivity index (χ3n) is 3.73. The van der Waals surface area contributed by atoms with E-state index < -0.39 is 0 Å². The molecule has 0 aliphatic rings. The summed E-state index contributed by atoms with van der Waals surface area (Å²) in [6.07, 6.45) is 2.80. The molecule has 0 bridgehead atoms. The van der Waals surface area contributed by atoms with Gasteiger partial charge in [-0.3, -0.25) is 4.79 Å². The van der Waals surface area contributed by atoms with Gasteiger partial charge in [-0.1, -0.05) is 0 Å². The number of hydrogen-bond donors (Lipinski definition) is 1. The van der Waals surface area contributed by atoms with Gasteiger partial charge in [-0.25, -0.2) is 9.37 Å². The smallest absolute Gasteiger partial charge is 0.287 e. The van der Waals surface area contributed by atoms with Crippen LogP contribution in [0, 0.1) is 12.7 Å². The van der Waals surface area contributed by atoms with Crippen LogP contribution < -0.4 is 5.32 Å². The minimum atomic E-state index is -0.304. The predicted molar refractivity (Wildman–Crippen MR) is 96.2 cm³/mol. The van der Waals surface area contributed by atoms with Crippen LogP contribution in [0.4, 0.5) is 4.39 Å². The summed E-state index contributed by atoms with van der Waals surface area (Å²) < 4.78 is 18.5. The number of thiazole rings is 1. The molecular weight excluding hydrogens is 339 g/mol. The minimum Gasteiger partial charge on any atom is -0.451 e. The second-order valence-electron chi connectivity index (χ2n) is 5.77. The van der Waals surface area contributed by atoms with E-state index in [-0.39, 0.29) is 17.5 Å². The fraction of sp³-hybridized carbons (Fsp3) is 0.263. The second kappa shape index (κ2) is 8.07. The number of nitrogens with zero attached hydrogens (tertiary/aromatic N) is 1. The van der Waals surface area contributed by atoms with Gasteiger partial charge in [0.15, 0.2) is 5.76 Å². The number of furan rings is 1. The summed E-state index contributed by atoms with van der Waals surface area (Å²) in [4.78, 5) is 16.5. The van der Waals surface area contributed by atoms with Crippen molar-refractivity contribution in [1.29, 1.82) is 0 Å². The van der Waals surface area contributed by atoms with Gasteiger partial charge in [0.05, 0.1) is 5.01 Å². The second-order valence-corrected chi connectivity index (χ2v) is 6.71. The molecule has 0 spiro atoms. The van der Waals surface area contributed by atoms with Crippen LogP contribution in [-0.2, 0) is 6.42 Å². The Kier molecular flexibility index (Phi) is 5.60. The lowest BCUT2D eigenvalue weighted by atomic mass is 10.2. The number of carbonyl (C=O) groups excluding carboxylic acids is 1. The zero-order chi connectivity index (χ0) is 17.6. The molecule has 130 valence electrons. The maximum absolute atomic E-state index is 12.9. The van der Waals surface area contributed by atoms with E-state index in [0.29, 0.717) is 12.3 Å². The number of unbranched alkanes of at least 4 members (excludes halogenated alkanes) is 1. The van der Waals surface area contributed by atoms with E-state index in [1.807, 2.05) is 12.3 Å². The monoisotopic (exact) mass is 358 g/mol. The average Bonchev–Trinajstić information content (AvgIpc) is 3.24. The largest absolute Gasteiger partial charge is 0.451 e. The molecule has 0 saturated carbocycles. The molecular formula is C19H19FN2O2S. The number of aromatic nitrogens is 1. The highest BCUT2D eigenvalue weighted by molar-refractivity contribution is 7.09. The first kappa shape index (κ1) is 17.4. The Hall–Kier alpha value is -2.47. The molecule has 0 aliphatic carbocycles. The first-order valence-corrected chi connectivity index (χ1v) is 9.05. The number of halogens is 1. The van der Waals surface area contributed by atoms with Crippen LogP contribution in [0.15, 0.2) is 46.2 Å². The van der Waals surface area contributed by atoms with E-state index in [9.17, 15) is 9.18 Å². The Bertz CT molecular complexity index is 839. The van der Waals surface area contributed by atoms with Crippen molar-refractivity contribution in [2.24, 2.45) is 0 Å². The SMILES string of the molecule is Cc1csc(CCCCNC(=O)c2ccc(-c3ccc(F)cc3)o2)n1. The Morgan fingerprint density at radius 1 is 1.20 bits per heavy atom. The normalized spacial score (nSPS) is 10.8. The molecule has 2 heterocycles. The van der Waals surface area contributed by atoms with E-state index in [4.69, 9.17) is 4.42 Å². The van der Waals surface area contributed by atoms with Crippen LogP contribution >= 0.6 is 11.3 Å². The molecule has 1 amide bonds. The number of benzene rings is 1. The third-order valence-corrected chi connectivity index (χ3v) is 4.75. The fourth-order valence-corrected chi connectivity index (χ4v) is 3.26. The minimum absolute atomic E-state index is 0.238. The van der Waals surface area contributed by atoms with E-state index in [1.165, 1.54) is 12.1 Å². The summed E-state index contributed by atoms with van der Waals surface area (Å²) in [5, 5.41) is 6.04. The summed E-state index contributed by atoms with van der Waals surface area (Å²) >= 11 is 1.68. The Morgan fingerprint density at radius 2 is 2.00 bits per heavy atom. The fourth-order valence-electron chi connectivity index (χ4n) is 2.44. The molecule has 1 aromatic carbocycles. The summed E-state index contributed by atoms with van der Waals surface area (Å²) in [6.45, 7) is 2.58. The van der Waals surface area contributed by atoms with E-state index in [2.05, 4.69) is 10.3 Å². The van der Waals surface area contributed by atoms with Gasteiger partial charge in [-0.15, -0.1) is 11.3 Å². The van der Waals surface area contributed by atoms with Crippen molar-refractivity contribution in [3.8, 4) is 11.3 Å². The standard InChI is InChI=1S/C19H19FN2O2S/c1-13-12-25-18(22-13)4-2-3-11-21-19(23)17-10-9-16(24-17)14-5-7-15(20)8-6-14/h5-10,12H,2-4,11H2,1H3,(H,21,23). The molecule has 0 aliphatic heterocycles. The van der Waals surface area contributed by atoms with Gasteiger partial charge < -0.3 is 9.73 Å². The van der Waals surface area contributed by atoms with Gasteiger partial charge in [-0.2, -0.15) is 0 Å². The van der Waals surface area contributed by atoms with E-state index >= 15 is 0 Å².